The van der Waals surface area contributed by atoms with Gasteiger partial charge in [-0.3, -0.25) is 14.5 Å². The summed E-state index contributed by atoms with van der Waals surface area (Å²) in [6, 6.07) is 11.2. The monoisotopic (exact) mass is 679 g/mol. The lowest BCUT2D eigenvalue weighted by Gasteiger charge is -2.35. The highest BCUT2D eigenvalue weighted by Crippen LogP contribution is 2.49. The van der Waals surface area contributed by atoms with Crippen LogP contribution in [0.2, 0.25) is 5.02 Å². The molecule has 48 heavy (non-hydrogen) atoms. The Balaban J connectivity index is 1.38. The van der Waals surface area contributed by atoms with Gasteiger partial charge in [0, 0.05) is 11.8 Å². The molecule has 0 radical (unpaired) electrons. The Morgan fingerprint density at radius 2 is 1.85 bits per heavy atom. The first-order valence-electron chi connectivity index (χ1n) is 15.5. The van der Waals surface area contributed by atoms with Crippen molar-refractivity contribution >= 4 is 29.4 Å². The van der Waals surface area contributed by atoms with E-state index in [-0.39, 0.29) is 35.8 Å². The second kappa shape index (κ2) is 12.4. The highest BCUT2D eigenvalue weighted by Gasteiger charge is 2.53. The highest BCUT2D eigenvalue weighted by atomic mass is 35.5. The van der Waals surface area contributed by atoms with Crippen molar-refractivity contribution in [1.82, 2.24) is 34.9 Å². The van der Waals surface area contributed by atoms with Gasteiger partial charge in [-0.1, -0.05) is 69.6 Å². The van der Waals surface area contributed by atoms with Gasteiger partial charge in [0.25, 0.3) is 5.91 Å². The molecule has 2 N–H and O–H groups in total. The summed E-state index contributed by atoms with van der Waals surface area (Å²) in [4.78, 5) is 34.0. The number of amides is 1. The molecule has 1 aliphatic carbocycles. The number of halogens is 3. The smallest absolute Gasteiger partial charge is 0.333 e. The average molecular weight is 680 g/mol. The number of alkyl halides is 2. The standard InChI is InChI=1S/C33H36ClF2N9O3/c1-31(2,3)18-33(23-8-5-20(6-9-23)22-15-39-43(16-22)29(35)36)28(47)45(30(37)40-33)26(17-48-27(46)14-32(4)11-12-32)21-7-10-24(34)25(13-21)44-19-38-41-42-44/h5-10,13,15-16,19,26,29H,11-12,14,17-18H2,1-4H3,(H2,37,40)/t26-,33-/m1/s1. The Bertz CT molecular complexity index is 1850. The molecule has 0 bridgehead atoms. The Labute approximate surface area is 280 Å². The van der Waals surface area contributed by atoms with E-state index in [9.17, 15) is 18.4 Å². The second-order valence-electron chi connectivity index (χ2n) is 14.0. The van der Waals surface area contributed by atoms with Crippen molar-refractivity contribution in [3.05, 3.63) is 77.3 Å². The Morgan fingerprint density at radius 3 is 2.46 bits per heavy atom. The minimum absolute atomic E-state index is 0.0411. The van der Waals surface area contributed by atoms with E-state index in [0.29, 0.717) is 44.1 Å². The van der Waals surface area contributed by atoms with Crippen molar-refractivity contribution in [2.24, 2.45) is 21.6 Å². The predicted molar refractivity (Wildman–Crippen MR) is 173 cm³/mol. The zero-order valence-corrected chi connectivity index (χ0v) is 27.7. The maximum atomic E-state index is 14.9. The van der Waals surface area contributed by atoms with Crippen LogP contribution in [0.3, 0.4) is 0 Å². The first-order valence-corrected chi connectivity index (χ1v) is 15.9. The number of esters is 1. The molecule has 1 saturated carbocycles. The first-order chi connectivity index (χ1) is 22.7. The number of aliphatic imine (C=N–C) groups is 1. The minimum atomic E-state index is -2.76. The van der Waals surface area contributed by atoms with E-state index in [1.807, 2.05) is 27.7 Å². The lowest BCUT2D eigenvalue weighted by atomic mass is 9.75. The van der Waals surface area contributed by atoms with Crippen LogP contribution in [0.25, 0.3) is 16.8 Å². The Kier molecular flexibility index (Phi) is 8.56. The number of hydrogen-bond acceptors (Lipinski definition) is 9. The molecule has 1 fully saturated rings. The summed E-state index contributed by atoms with van der Waals surface area (Å²) in [6.45, 7) is 5.08. The molecule has 3 heterocycles. The van der Waals surface area contributed by atoms with E-state index in [4.69, 9.17) is 27.1 Å². The van der Waals surface area contributed by atoms with E-state index in [0.717, 1.165) is 12.8 Å². The topological polar surface area (TPSA) is 146 Å². The van der Waals surface area contributed by atoms with Crippen LogP contribution in [0.1, 0.15) is 77.1 Å². The van der Waals surface area contributed by atoms with Gasteiger partial charge in [-0.05, 0) is 69.3 Å². The van der Waals surface area contributed by atoms with E-state index in [2.05, 4.69) is 20.6 Å². The fraction of sp³-hybridized carbons (Fsp3) is 0.424. The van der Waals surface area contributed by atoms with Crippen molar-refractivity contribution < 1.29 is 23.1 Å². The van der Waals surface area contributed by atoms with Crippen molar-refractivity contribution in [2.45, 2.75) is 71.5 Å². The third-order valence-corrected chi connectivity index (χ3v) is 9.07. The summed E-state index contributed by atoms with van der Waals surface area (Å²) in [5, 5.41) is 15.4. The van der Waals surface area contributed by atoms with Gasteiger partial charge in [0.1, 0.15) is 12.9 Å². The molecule has 0 saturated heterocycles. The molecule has 1 amide bonds. The molecule has 6 rings (SSSR count). The van der Waals surface area contributed by atoms with E-state index < -0.39 is 24.0 Å². The van der Waals surface area contributed by atoms with Crippen molar-refractivity contribution in [1.29, 1.82) is 0 Å². The molecule has 2 atom stereocenters. The number of benzene rings is 2. The predicted octanol–water partition coefficient (Wildman–Crippen LogP) is 5.84. The average Bonchev–Trinajstić information content (AvgIpc) is 3.42. The van der Waals surface area contributed by atoms with Gasteiger partial charge < -0.3 is 10.5 Å². The van der Waals surface area contributed by atoms with Gasteiger partial charge in [-0.25, -0.2) is 9.67 Å². The van der Waals surface area contributed by atoms with Crippen LogP contribution in [-0.4, -0.2) is 59.3 Å². The maximum absolute atomic E-state index is 14.9. The van der Waals surface area contributed by atoms with Crippen LogP contribution < -0.4 is 5.73 Å². The molecular weight excluding hydrogens is 644 g/mol. The summed E-state index contributed by atoms with van der Waals surface area (Å²) in [6.07, 6.45) is 6.47. The van der Waals surface area contributed by atoms with Gasteiger partial charge >= 0.3 is 12.5 Å². The quantitative estimate of drug-likeness (QED) is 0.195. The van der Waals surface area contributed by atoms with E-state index in [1.54, 1.807) is 42.5 Å². The number of guanidine groups is 1. The normalized spacial score (nSPS) is 19.5. The zero-order valence-electron chi connectivity index (χ0n) is 27.0. The second-order valence-corrected chi connectivity index (χ2v) is 14.4. The lowest BCUT2D eigenvalue weighted by molar-refractivity contribution is -0.148. The van der Waals surface area contributed by atoms with Crippen molar-refractivity contribution in [3.63, 3.8) is 0 Å². The first kappa shape index (κ1) is 33.2. The van der Waals surface area contributed by atoms with E-state index in [1.165, 1.54) is 28.3 Å². The Morgan fingerprint density at radius 1 is 1.12 bits per heavy atom. The molecule has 0 spiro atoms. The fourth-order valence-corrected chi connectivity index (χ4v) is 6.28. The third kappa shape index (κ3) is 6.66. The summed E-state index contributed by atoms with van der Waals surface area (Å²) >= 11 is 6.52. The molecule has 1 aliphatic heterocycles. The van der Waals surface area contributed by atoms with E-state index >= 15 is 0 Å². The molecule has 4 aromatic rings. The Hall–Kier alpha value is -4.72. The molecule has 2 aromatic heterocycles. The van der Waals surface area contributed by atoms with Crippen LogP contribution in [0.5, 0.6) is 0 Å². The summed E-state index contributed by atoms with van der Waals surface area (Å²) in [7, 11) is 0. The molecular formula is C33H36ClF2N9O3. The van der Waals surface area contributed by atoms with Gasteiger partial charge in [0.05, 0.1) is 29.4 Å². The van der Waals surface area contributed by atoms with Gasteiger partial charge in [-0.15, -0.1) is 5.10 Å². The number of rotatable bonds is 11. The number of nitrogens with two attached hydrogens (primary N) is 1. The van der Waals surface area contributed by atoms with Crippen molar-refractivity contribution in [2.75, 3.05) is 6.61 Å². The van der Waals surface area contributed by atoms with Gasteiger partial charge in [0.15, 0.2) is 11.5 Å². The molecule has 2 aromatic carbocycles. The number of carbonyl (C=O) groups excluding carboxylic acids is 2. The minimum Gasteiger partial charge on any atom is -0.463 e. The SMILES string of the molecule is CC(C)(C)C[C@]1(c2ccc(-c3cnn(C(F)F)c3)cc2)N=C(N)N([C@H](COC(=O)CC2(C)CC2)c2ccc(Cl)c(-n3cnnn3)c2)C1=O. The lowest BCUT2D eigenvalue weighted by Crippen LogP contribution is -2.47. The number of ether oxygens (including phenoxy) is 1. The van der Waals surface area contributed by atoms with Crippen LogP contribution >= 0.6 is 11.6 Å². The number of nitrogens with zero attached hydrogens (tertiary/aromatic N) is 8. The molecule has 12 nitrogen and oxygen atoms in total. The molecule has 2 aliphatic rings. The van der Waals surface area contributed by atoms with Gasteiger partial charge in [0.2, 0.25) is 0 Å². The fourth-order valence-electron chi connectivity index (χ4n) is 6.07. The molecule has 0 unspecified atom stereocenters. The zero-order chi connectivity index (χ0) is 34.4. The number of hydrogen-bond donors (Lipinski definition) is 1. The highest BCUT2D eigenvalue weighted by molar-refractivity contribution is 6.32. The third-order valence-electron chi connectivity index (χ3n) is 8.75. The molecule has 252 valence electrons. The number of carbonyl (C=O) groups is 2. The molecule has 15 heteroatoms. The number of tetrazole rings is 1. The van der Waals surface area contributed by atoms with Crippen LogP contribution in [-0.2, 0) is 19.9 Å². The van der Waals surface area contributed by atoms with Crippen LogP contribution in [0.15, 0.2) is 66.2 Å². The summed E-state index contributed by atoms with van der Waals surface area (Å²) < 4.78 is 34.1. The summed E-state index contributed by atoms with van der Waals surface area (Å²) in [5.74, 6) is -0.813. The summed E-state index contributed by atoms with van der Waals surface area (Å²) in [5.41, 5.74) is 7.48. The largest absolute Gasteiger partial charge is 0.463 e. The van der Waals surface area contributed by atoms with Crippen LogP contribution in [0.4, 0.5) is 8.78 Å². The van der Waals surface area contributed by atoms with Gasteiger partial charge in [-0.2, -0.15) is 18.6 Å². The maximum Gasteiger partial charge on any atom is 0.333 e. The van der Waals surface area contributed by atoms with Crippen LogP contribution in [0, 0.1) is 10.8 Å². The number of aromatic nitrogens is 6. The van der Waals surface area contributed by atoms with Crippen molar-refractivity contribution in [3.8, 4) is 16.8 Å².